The van der Waals surface area contributed by atoms with Crippen LogP contribution < -0.4 is 14.8 Å². The van der Waals surface area contributed by atoms with E-state index in [0.29, 0.717) is 43.0 Å². The monoisotopic (exact) mass is 658 g/mol. The van der Waals surface area contributed by atoms with Crippen molar-refractivity contribution in [1.29, 1.82) is 5.26 Å². The molecule has 5 aromatic rings. The van der Waals surface area contributed by atoms with Crippen LogP contribution in [-0.2, 0) is 22.6 Å². The molecule has 0 atom stereocenters. The van der Waals surface area contributed by atoms with Gasteiger partial charge in [-0.2, -0.15) is 10.4 Å². The molecule has 0 radical (unpaired) electrons. The van der Waals surface area contributed by atoms with Crippen molar-refractivity contribution in [2.45, 2.75) is 38.1 Å². The zero-order valence-corrected chi connectivity index (χ0v) is 27.3. The Labute approximate surface area is 283 Å². The maximum atomic E-state index is 13.8. The van der Waals surface area contributed by atoms with Crippen LogP contribution >= 0.6 is 0 Å². The van der Waals surface area contributed by atoms with Crippen LogP contribution in [0, 0.1) is 17.1 Å². The summed E-state index contributed by atoms with van der Waals surface area (Å²) < 4.78 is 38.2. The molecular formula is C39H35FN4O5. The number of aromatic nitrogens is 2. The van der Waals surface area contributed by atoms with Crippen LogP contribution in [0.25, 0.3) is 27.6 Å². The lowest BCUT2D eigenvalue weighted by Crippen LogP contribution is -2.31. The SMILES string of the molecule is COc1ccc(Cn2cc3c(C4=CCC5(CC4)OCCO5)cc(-c4ccc(CNC(=O)c5cc(F)ccc5OC)cc4)c(C#N)c3n2)cc1. The van der Waals surface area contributed by atoms with Crippen molar-refractivity contribution >= 4 is 22.4 Å². The molecular weight excluding hydrogens is 623 g/mol. The van der Waals surface area contributed by atoms with Gasteiger partial charge >= 0.3 is 0 Å². The molecule has 248 valence electrons. The first-order valence-corrected chi connectivity index (χ1v) is 16.1. The van der Waals surface area contributed by atoms with Crippen molar-refractivity contribution in [2.75, 3.05) is 27.4 Å². The number of methoxy groups -OCH3 is 2. The second-order valence-electron chi connectivity index (χ2n) is 12.2. The number of hydrogen-bond donors (Lipinski definition) is 1. The van der Waals surface area contributed by atoms with Gasteiger partial charge in [0.1, 0.15) is 28.9 Å². The minimum absolute atomic E-state index is 0.124. The molecule has 1 aromatic heterocycles. The number of nitriles is 1. The predicted molar refractivity (Wildman–Crippen MR) is 183 cm³/mol. The predicted octanol–water partition coefficient (Wildman–Crippen LogP) is 7.02. The Morgan fingerprint density at radius 3 is 2.43 bits per heavy atom. The van der Waals surface area contributed by atoms with Crippen LogP contribution in [0.2, 0.25) is 0 Å². The molecule has 1 aliphatic carbocycles. The van der Waals surface area contributed by atoms with Crippen LogP contribution in [0.4, 0.5) is 4.39 Å². The average Bonchev–Trinajstić information content (AvgIpc) is 3.78. The molecule has 0 bridgehead atoms. The van der Waals surface area contributed by atoms with E-state index < -0.39 is 17.5 Å². The molecule has 49 heavy (non-hydrogen) atoms. The molecule has 1 spiro atoms. The van der Waals surface area contributed by atoms with Crippen molar-refractivity contribution in [1.82, 2.24) is 15.1 Å². The minimum atomic E-state index is -0.554. The molecule has 7 rings (SSSR count). The summed E-state index contributed by atoms with van der Waals surface area (Å²) in [4.78, 5) is 12.8. The zero-order valence-electron chi connectivity index (χ0n) is 27.3. The average molecular weight is 659 g/mol. The molecule has 2 aliphatic rings. The number of rotatable bonds is 9. The molecule has 9 nitrogen and oxygen atoms in total. The topological polar surface area (TPSA) is 108 Å². The van der Waals surface area contributed by atoms with E-state index in [1.165, 1.54) is 19.2 Å². The summed E-state index contributed by atoms with van der Waals surface area (Å²) in [7, 11) is 3.08. The Hall–Kier alpha value is -5.50. The first-order chi connectivity index (χ1) is 23.9. The fraction of sp³-hybridized carbons (Fsp3) is 0.256. The van der Waals surface area contributed by atoms with Gasteiger partial charge in [-0.15, -0.1) is 0 Å². The van der Waals surface area contributed by atoms with Crippen LogP contribution in [0.15, 0.2) is 85.1 Å². The molecule has 1 saturated heterocycles. The first-order valence-electron chi connectivity index (χ1n) is 16.1. The van der Waals surface area contributed by atoms with Gasteiger partial charge < -0.3 is 24.3 Å². The Morgan fingerprint density at radius 1 is 1.00 bits per heavy atom. The van der Waals surface area contributed by atoms with E-state index in [1.54, 1.807) is 7.11 Å². The highest BCUT2D eigenvalue weighted by atomic mass is 19.1. The Balaban J connectivity index is 1.21. The largest absolute Gasteiger partial charge is 0.497 e. The molecule has 2 heterocycles. The molecule has 1 amide bonds. The maximum absolute atomic E-state index is 13.8. The smallest absolute Gasteiger partial charge is 0.255 e. The second kappa shape index (κ2) is 13.5. The zero-order chi connectivity index (χ0) is 34.0. The third-order valence-corrected chi connectivity index (χ3v) is 9.18. The van der Waals surface area contributed by atoms with E-state index in [2.05, 4.69) is 23.5 Å². The fourth-order valence-electron chi connectivity index (χ4n) is 6.58. The molecule has 10 heteroatoms. The Bertz CT molecular complexity index is 2090. The van der Waals surface area contributed by atoms with Gasteiger partial charge in [-0.1, -0.05) is 42.5 Å². The first kappa shape index (κ1) is 32.1. The van der Waals surface area contributed by atoms with E-state index in [-0.39, 0.29) is 12.1 Å². The highest BCUT2D eigenvalue weighted by molar-refractivity contribution is 6.00. The van der Waals surface area contributed by atoms with E-state index in [4.69, 9.17) is 24.0 Å². The summed E-state index contributed by atoms with van der Waals surface area (Å²) >= 11 is 0. The number of hydrogen-bond acceptors (Lipinski definition) is 7. The maximum Gasteiger partial charge on any atom is 0.255 e. The van der Waals surface area contributed by atoms with Gasteiger partial charge in [0.25, 0.3) is 5.91 Å². The van der Waals surface area contributed by atoms with Gasteiger partial charge in [0, 0.05) is 36.5 Å². The number of ether oxygens (including phenoxy) is 4. The van der Waals surface area contributed by atoms with Gasteiger partial charge in [-0.25, -0.2) is 4.39 Å². The highest BCUT2D eigenvalue weighted by Gasteiger charge is 2.38. The van der Waals surface area contributed by atoms with Gasteiger partial charge in [0.2, 0.25) is 0 Å². The summed E-state index contributed by atoms with van der Waals surface area (Å²) in [5.41, 5.74) is 6.96. The summed E-state index contributed by atoms with van der Waals surface area (Å²) in [5.74, 6) is -0.438. The summed E-state index contributed by atoms with van der Waals surface area (Å²) in [6.45, 7) is 1.96. The Morgan fingerprint density at radius 2 is 1.76 bits per heavy atom. The summed E-state index contributed by atoms with van der Waals surface area (Å²) in [6.07, 6.45) is 6.38. The minimum Gasteiger partial charge on any atom is -0.497 e. The lowest BCUT2D eigenvalue weighted by Gasteiger charge is -2.31. The van der Waals surface area contributed by atoms with Crippen molar-refractivity contribution in [3.05, 3.63) is 119 Å². The van der Waals surface area contributed by atoms with Gasteiger partial charge in [0.15, 0.2) is 5.79 Å². The number of halogens is 1. The molecule has 1 aliphatic heterocycles. The molecule has 1 N–H and O–H groups in total. The molecule has 0 saturated carbocycles. The number of fused-ring (bicyclic) bond motifs is 1. The van der Waals surface area contributed by atoms with Crippen molar-refractivity contribution in [3.8, 4) is 28.7 Å². The fourth-order valence-corrected chi connectivity index (χ4v) is 6.58. The molecule has 4 aromatic carbocycles. The third-order valence-electron chi connectivity index (χ3n) is 9.18. The van der Waals surface area contributed by atoms with Crippen LogP contribution in [0.5, 0.6) is 11.5 Å². The van der Waals surface area contributed by atoms with E-state index in [1.807, 2.05) is 59.4 Å². The summed E-state index contributed by atoms with van der Waals surface area (Å²) in [6, 6.07) is 23.9. The normalized spacial score (nSPS) is 15.2. The number of nitrogens with zero attached hydrogens (tertiary/aromatic N) is 3. The molecule has 1 fully saturated rings. The summed E-state index contributed by atoms with van der Waals surface area (Å²) in [5, 5.41) is 19.2. The lowest BCUT2D eigenvalue weighted by atomic mass is 9.85. The number of carbonyl (C=O) groups is 1. The number of benzene rings is 4. The van der Waals surface area contributed by atoms with Crippen LogP contribution in [-0.4, -0.2) is 48.9 Å². The standard InChI is InChI=1S/C39H35FN4O5/c1-46-30-10-5-26(6-11-30)23-44-24-35-32(28-13-15-39(16-14-28)48-17-18-49-39)20-31(34(21-41)37(35)43-44)27-7-3-25(4-8-27)22-42-38(45)33-19-29(40)9-12-36(33)47-2/h3-13,19-20,24H,14-18,22-23H2,1-2H3,(H,42,45). The number of amides is 1. The van der Waals surface area contributed by atoms with E-state index >= 15 is 0 Å². The second-order valence-corrected chi connectivity index (χ2v) is 12.2. The molecule has 0 unspecified atom stereocenters. The van der Waals surface area contributed by atoms with Gasteiger partial charge in [-0.3, -0.25) is 9.48 Å². The Kier molecular flexibility index (Phi) is 8.87. The van der Waals surface area contributed by atoms with Gasteiger partial charge in [-0.05, 0) is 70.6 Å². The van der Waals surface area contributed by atoms with Crippen molar-refractivity contribution < 1.29 is 28.1 Å². The van der Waals surface area contributed by atoms with Gasteiger partial charge in [0.05, 0.1) is 45.1 Å². The number of nitrogens with one attached hydrogen (secondary N) is 1. The van der Waals surface area contributed by atoms with Crippen LogP contribution in [0.1, 0.15) is 51.9 Å². The van der Waals surface area contributed by atoms with Crippen molar-refractivity contribution in [3.63, 3.8) is 0 Å². The van der Waals surface area contributed by atoms with Crippen LogP contribution in [0.3, 0.4) is 0 Å². The highest BCUT2D eigenvalue weighted by Crippen LogP contribution is 2.42. The number of allylic oxidation sites excluding steroid dienone is 1. The third kappa shape index (κ3) is 6.51. The van der Waals surface area contributed by atoms with E-state index in [9.17, 15) is 14.4 Å². The van der Waals surface area contributed by atoms with E-state index in [0.717, 1.165) is 63.4 Å². The quantitative estimate of drug-likeness (QED) is 0.181. The lowest BCUT2D eigenvalue weighted by molar-refractivity contribution is -0.159. The number of carbonyl (C=O) groups excluding carboxylic acids is 1. The van der Waals surface area contributed by atoms with Crippen molar-refractivity contribution in [2.24, 2.45) is 0 Å².